The molecule has 0 bridgehead atoms. The van der Waals surface area contributed by atoms with Crippen LogP contribution in [0, 0.1) is 0 Å². The lowest BCUT2D eigenvalue weighted by molar-refractivity contribution is 0.0276. The summed E-state index contributed by atoms with van der Waals surface area (Å²) in [6.45, 7) is 9.69. The van der Waals surface area contributed by atoms with Crippen LogP contribution < -0.4 is 0 Å². The third-order valence-electron chi connectivity index (χ3n) is 4.47. The van der Waals surface area contributed by atoms with E-state index < -0.39 is 12.1 Å². The monoisotopic (exact) mass is 400 g/mol. The van der Waals surface area contributed by atoms with Crippen LogP contribution in [-0.4, -0.2) is 21.3 Å². The van der Waals surface area contributed by atoms with Gasteiger partial charge in [0.15, 0.2) is 6.10 Å². The minimum absolute atomic E-state index is 0.0404. The molecule has 0 saturated heterocycles. The highest BCUT2D eigenvalue weighted by Crippen LogP contribution is 2.34. The van der Waals surface area contributed by atoms with Gasteiger partial charge >= 0.3 is 5.97 Å². The van der Waals surface area contributed by atoms with Gasteiger partial charge in [-0.15, -0.1) is 21.5 Å². The van der Waals surface area contributed by atoms with Crippen molar-refractivity contribution in [3.8, 4) is 16.5 Å². The topological polar surface area (TPSA) is 85.5 Å². The first kappa shape index (κ1) is 20.1. The summed E-state index contributed by atoms with van der Waals surface area (Å²) >= 11 is 1.49. The van der Waals surface area contributed by atoms with Crippen molar-refractivity contribution < 1.29 is 19.1 Å². The number of rotatable bonds is 6. The lowest BCUT2D eigenvalue weighted by Gasteiger charge is -2.17. The maximum atomic E-state index is 12.8. The SMILES string of the molecule is CC(C)c1cc(C(=O)O[C@H](C)c2nnc(-c3cccs3)o2)c(O)c(C(C)C)c1. The van der Waals surface area contributed by atoms with Gasteiger partial charge in [0.25, 0.3) is 11.8 Å². The summed E-state index contributed by atoms with van der Waals surface area (Å²) in [5.41, 5.74) is 1.85. The molecule has 148 valence electrons. The minimum atomic E-state index is -0.738. The fourth-order valence-corrected chi connectivity index (χ4v) is 3.43. The van der Waals surface area contributed by atoms with Crippen molar-refractivity contribution in [1.29, 1.82) is 0 Å². The molecular formula is C21H24N2O4S. The van der Waals surface area contributed by atoms with Crippen molar-refractivity contribution in [1.82, 2.24) is 10.2 Å². The fraction of sp³-hybridized carbons (Fsp3) is 0.381. The molecule has 0 spiro atoms. The number of ether oxygens (including phenoxy) is 1. The summed E-state index contributed by atoms with van der Waals surface area (Å²) in [5, 5.41) is 20.5. The number of nitrogens with zero attached hydrogens (tertiary/aromatic N) is 2. The lowest BCUT2D eigenvalue weighted by atomic mass is 9.92. The van der Waals surface area contributed by atoms with Gasteiger partial charge in [-0.1, -0.05) is 39.8 Å². The van der Waals surface area contributed by atoms with Gasteiger partial charge in [0.2, 0.25) is 0 Å². The van der Waals surface area contributed by atoms with E-state index >= 15 is 0 Å². The van der Waals surface area contributed by atoms with E-state index in [0.29, 0.717) is 5.89 Å². The number of phenols is 1. The Kier molecular flexibility index (Phi) is 5.84. The number of hydrogen-bond acceptors (Lipinski definition) is 7. The quantitative estimate of drug-likeness (QED) is 0.537. The Bertz CT molecular complexity index is 961. The lowest BCUT2D eigenvalue weighted by Crippen LogP contribution is -2.11. The standard InChI is InChI=1S/C21H24N2O4S/c1-11(2)14-9-15(12(3)4)18(24)16(10-14)21(25)26-13(5)19-22-23-20(27-19)17-7-6-8-28-17/h6-13,24H,1-5H3/t13-/m1/s1. The molecule has 2 aromatic heterocycles. The minimum Gasteiger partial charge on any atom is -0.507 e. The highest BCUT2D eigenvalue weighted by molar-refractivity contribution is 7.13. The van der Waals surface area contributed by atoms with E-state index in [1.165, 1.54) is 11.3 Å². The second-order valence-electron chi connectivity index (χ2n) is 7.29. The molecule has 1 aromatic carbocycles. The summed E-state index contributed by atoms with van der Waals surface area (Å²) in [7, 11) is 0. The third-order valence-corrected chi connectivity index (χ3v) is 5.33. The van der Waals surface area contributed by atoms with Crippen LogP contribution in [-0.2, 0) is 4.74 Å². The Labute approximate surface area is 168 Å². The highest BCUT2D eigenvalue weighted by Gasteiger charge is 2.24. The molecule has 0 unspecified atom stereocenters. The van der Waals surface area contributed by atoms with Crippen molar-refractivity contribution in [3.05, 3.63) is 52.2 Å². The van der Waals surface area contributed by atoms with Gasteiger partial charge in [-0.3, -0.25) is 0 Å². The number of carbonyl (C=O) groups is 1. The number of benzene rings is 1. The fourth-order valence-electron chi connectivity index (χ4n) is 2.78. The van der Waals surface area contributed by atoms with E-state index in [-0.39, 0.29) is 29.0 Å². The number of phenolic OH excluding ortho intramolecular Hbond substituents is 1. The van der Waals surface area contributed by atoms with Gasteiger partial charge in [-0.05, 0) is 47.4 Å². The molecule has 0 amide bonds. The van der Waals surface area contributed by atoms with Gasteiger partial charge in [0.1, 0.15) is 11.3 Å². The first-order valence-electron chi connectivity index (χ1n) is 9.23. The number of aromatic nitrogens is 2. The normalized spacial score (nSPS) is 12.5. The first-order chi connectivity index (χ1) is 13.3. The maximum absolute atomic E-state index is 12.8. The molecule has 0 saturated carbocycles. The molecule has 0 aliphatic carbocycles. The first-order valence-corrected chi connectivity index (χ1v) is 10.1. The van der Waals surface area contributed by atoms with E-state index in [1.54, 1.807) is 13.0 Å². The number of carbonyl (C=O) groups excluding carboxylic acids is 1. The van der Waals surface area contributed by atoms with Crippen LogP contribution in [0.5, 0.6) is 5.75 Å². The van der Waals surface area contributed by atoms with Crippen LogP contribution in [0.3, 0.4) is 0 Å². The number of thiophene rings is 1. The van der Waals surface area contributed by atoms with Crippen LogP contribution in [0.1, 0.15) is 79.9 Å². The smallest absolute Gasteiger partial charge is 0.342 e. The van der Waals surface area contributed by atoms with Gasteiger partial charge in [-0.2, -0.15) is 0 Å². The predicted molar refractivity (Wildman–Crippen MR) is 108 cm³/mol. The highest BCUT2D eigenvalue weighted by atomic mass is 32.1. The zero-order chi connectivity index (χ0) is 20.4. The molecule has 1 N–H and O–H groups in total. The zero-order valence-corrected chi connectivity index (χ0v) is 17.4. The van der Waals surface area contributed by atoms with Gasteiger partial charge in [0.05, 0.1) is 4.88 Å². The van der Waals surface area contributed by atoms with Crippen molar-refractivity contribution in [2.75, 3.05) is 0 Å². The molecule has 0 radical (unpaired) electrons. The summed E-state index contributed by atoms with van der Waals surface area (Å²) in [5.74, 6) is 0.227. The molecule has 3 rings (SSSR count). The average Bonchev–Trinajstić information content (AvgIpc) is 3.32. The summed E-state index contributed by atoms with van der Waals surface area (Å²) < 4.78 is 11.1. The van der Waals surface area contributed by atoms with Gasteiger partial charge in [-0.25, -0.2) is 4.79 Å². The van der Waals surface area contributed by atoms with E-state index in [0.717, 1.165) is 16.0 Å². The molecular weight excluding hydrogens is 376 g/mol. The van der Waals surface area contributed by atoms with Crippen LogP contribution in [0.4, 0.5) is 0 Å². The van der Waals surface area contributed by atoms with E-state index in [9.17, 15) is 9.90 Å². The Balaban J connectivity index is 1.84. The van der Waals surface area contributed by atoms with Crippen molar-refractivity contribution >= 4 is 17.3 Å². The van der Waals surface area contributed by atoms with Crippen molar-refractivity contribution in [2.45, 2.75) is 52.6 Å². The van der Waals surface area contributed by atoms with Crippen molar-refractivity contribution in [3.63, 3.8) is 0 Å². The van der Waals surface area contributed by atoms with E-state index in [1.807, 2.05) is 51.3 Å². The molecule has 1 atom stereocenters. The van der Waals surface area contributed by atoms with Gasteiger partial charge in [0, 0.05) is 0 Å². The van der Waals surface area contributed by atoms with Crippen LogP contribution >= 0.6 is 11.3 Å². The van der Waals surface area contributed by atoms with E-state index in [4.69, 9.17) is 9.15 Å². The third kappa shape index (κ3) is 4.09. The Morgan fingerprint density at radius 2 is 1.89 bits per heavy atom. The number of aromatic hydroxyl groups is 1. The molecule has 0 aliphatic rings. The Morgan fingerprint density at radius 3 is 2.50 bits per heavy atom. The second-order valence-corrected chi connectivity index (χ2v) is 8.23. The summed E-state index contributed by atoms with van der Waals surface area (Å²) in [6, 6.07) is 7.40. The molecule has 28 heavy (non-hydrogen) atoms. The number of hydrogen-bond donors (Lipinski definition) is 1. The predicted octanol–water partition coefficient (Wildman–Crippen LogP) is 5.67. The molecule has 0 aliphatic heterocycles. The summed E-state index contributed by atoms with van der Waals surface area (Å²) in [6.07, 6.45) is -0.738. The number of esters is 1. The van der Waals surface area contributed by atoms with Crippen LogP contribution in [0.2, 0.25) is 0 Å². The molecule has 3 aromatic rings. The Hall–Kier alpha value is -2.67. The summed E-state index contributed by atoms with van der Waals surface area (Å²) in [4.78, 5) is 13.6. The molecule has 2 heterocycles. The van der Waals surface area contributed by atoms with E-state index in [2.05, 4.69) is 10.2 Å². The maximum Gasteiger partial charge on any atom is 0.342 e. The molecule has 6 nitrogen and oxygen atoms in total. The Morgan fingerprint density at radius 1 is 1.14 bits per heavy atom. The second kappa shape index (κ2) is 8.14. The van der Waals surface area contributed by atoms with Gasteiger partial charge < -0.3 is 14.3 Å². The molecule has 7 heteroatoms. The largest absolute Gasteiger partial charge is 0.507 e. The van der Waals surface area contributed by atoms with Crippen molar-refractivity contribution in [2.24, 2.45) is 0 Å². The van der Waals surface area contributed by atoms with Crippen LogP contribution in [0.25, 0.3) is 10.8 Å². The molecule has 0 fully saturated rings. The zero-order valence-electron chi connectivity index (χ0n) is 16.6. The van der Waals surface area contributed by atoms with Crippen LogP contribution in [0.15, 0.2) is 34.1 Å². The average molecular weight is 401 g/mol.